The Bertz CT molecular complexity index is 849. The van der Waals surface area contributed by atoms with Crippen molar-refractivity contribution in [2.24, 2.45) is 0 Å². The van der Waals surface area contributed by atoms with Gasteiger partial charge in [-0.15, -0.1) is 0 Å². The molecule has 0 saturated heterocycles. The molecule has 0 bridgehead atoms. The van der Waals surface area contributed by atoms with Gasteiger partial charge in [-0.1, -0.05) is 29.8 Å². The molecule has 0 spiro atoms. The quantitative estimate of drug-likeness (QED) is 0.649. The number of halogens is 2. The summed E-state index contributed by atoms with van der Waals surface area (Å²) in [4.78, 5) is 10.7. The summed E-state index contributed by atoms with van der Waals surface area (Å²) in [5.41, 5.74) is 5.26. The maximum atomic E-state index is 13.2. The minimum Gasteiger partial charge on any atom is -0.487 e. The van der Waals surface area contributed by atoms with Crippen molar-refractivity contribution in [3.8, 4) is 5.75 Å². The molecule has 2 aromatic carbocycles. The molecule has 1 N–H and O–H groups in total. The van der Waals surface area contributed by atoms with Crippen molar-refractivity contribution in [2.45, 2.75) is 39.0 Å². The first-order chi connectivity index (χ1) is 12.9. The van der Waals surface area contributed by atoms with Gasteiger partial charge in [0.15, 0.2) is 0 Å². The highest BCUT2D eigenvalue weighted by Crippen LogP contribution is 2.36. The average molecular weight is 389 g/mol. The normalized spacial score (nSPS) is 13.9. The van der Waals surface area contributed by atoms with Crippen LogP contribution >= 0.6 is 11.6 Å². The third-order valence-corrected chi connectivity index (χ3v) is 5.11. The fourth-order valence-electron chi connectivity index (χ4n) is 3.50. The summed E-state index contributed by atoms with van der Waals surface area (Å²) in [6.45, 7) is 2.36. The first kappa shape index (κ1) is 19.4. The van der Waals surface area contributed by atoms with E-state index in [9.17, 15) is 9.18 Å². The number of allylic oxidation sites excluding steroid dienone is 1. The third kappa shape index (κ3) is 4.89. The van der Waals surface area contributed by atoms with E-state index in [-0.39, 0.29) is 12.2 Å². The van der Waals surface area contributed by atoms with Gasteiger partial charge in [0.2, 0.25) is 0 Å². The van der Waals surface area contributed by atoms with E-state index in [0.29, 0.717) is 23.8 Å². The summed E-state index contributed by atoms with van der Waals surface area (Å²) in [6, 6.07) is 10.3. The van der Waals surface area contributed by atoms with E-state index >= 15 is 0 Å². The van der Waals surface area contributed by atoms with E-state index in [1.807, 2.05) is 25.1 Å². The lowest BCUT2D eigenvalue weighted by Crippen LogP contribution is -2.04. The van der Waals surface area contributed by atoms with Crippen molar-refractivity contribution in [3.05, 3.63) is 69.5 Å². The standard InChI is InChI=1S/C22H22ClFO3/c1-14-11-15(5-10-21(25)26)12-20(23)22(14)27-13-17-3-2-4-19(17)16-6-8-18(24)9-7-16/h6-9,11-12H,2-5,10,13H2,1H3,(H,25,26). The molecule has 0 amide bonds. The second-order valence-electron chi connectivity index (χ2n) is 6.85. The second-order valence-corrected chi connectivity index (χ2v) is 7.26. The molecule has 3 nitrogen and oxygen atoms in total. The molecule has 0 fully saturated rings. The SMILES string of the molecule is Cc1cc(CCC(=O)O)cc(Cl)c1OCC1=C(c2ccc(F)cc2)CCC1. The fourth-order valence-corrected chi connectivity index (χ4v) is 3.85. The lowest BCUT2D eigenvalue weighted by molar-refractivity contribution is -0.136. The number of aliphatic carboxylic acids is 1. The highest BCUT2D eigenvalue weighted by atomic mass is 35.5. The minimum absolute atomic E-state index is 0.0733. The van der Waals surface area contributed by atoms with E-state index in [1.54, 1.807) is 6.07 Å². The number of hydrogen-bond acceptors (Lipinski definition) is 2. The Morgan fingerprint density at radius 1 is 1.22 bits per heavy atom. The number of carbonyl (C=O) groups is 1. The van der Waals surface area contributed by atoms with Crippen LogP contribution in [-0.2, 0) is 11.2 Å². The van der Waals surface area contributed by atoms with Crippen LogP contribution in [0.15, 0.2) is 42.0 Å². The molecule has 142 valence electrons. The molecule has 1 aliphatic carbocycles. The number of hydrogen-bond donors (Lipinski definition) is 1. The lowest BCUT2D eigenvalue weighted by Gasteiger charge is -2.15. The van der Waals surface area contributed by atoms with Gasteiger partial charge in [-0.25, -0.2) is 4.39 Å². The number of carboxylic acid groups (broad SMARTS) is 1. The maximum absolute atomic E-state index is 13.2. The van der Waals surface area contributed by atoms with Crippen LogP contribution in [0.4, 0.5) is 4.39 Å². The topological polar surface area (TPSA) is 46.5 Å². The molecule has 0 saturated carbocycles. The molecule has 0 radical (unpaired) electrons. The molecule has 0 heterocycles. The molecule has 5 heteroatoms. The number of carboxylic acids is 1. The Hall–Kier alpha value is -2.33. The maximum Gasteiger partial charge on any atom is 0.303 e. The number of ether oxygens (including phenoxy) is 1. The minimum atomic E-state index is -0.828. The van der Waals surface area contributed by atoms with Gasteiger partial charge in [-0.2, -0.15) is 0 Å². The van der Waals surface area contributed by atoms with Crippen molar-refractivity contribution < 1.29 is 19.0 Å². The van der Waals surface area contributed by atoms with Crippen molar-refractivity contribution >= 4 is 23.1 Å². The number of rotatable bonds is 7. The molecular formula is C22H22ClFO3. The van der Waals surface area contributed by atoms with Crippen molar-refractivity contribution in [3.63, 3.8) is 0 Å². The van der Waals surface area contributed by atoms with Crippen LogP contribution in [0.2, 0.25) is 5.02 Å². The van der Waals surface area contributed by atoms with Crippen LogP contribution in [0.3, 0.4) is 0 Å². The van der Waals surface area contributed by atoms with Crippen LogP contribution in [0.25, 0.3) is 5.57 Å². The van der Waals surface area contributed by atoms with Gasteiger partial charge in [-0.05, 0) is 78.6 Å². The molecule has 0 atom stereocenters. The molecule has 0 aromatic heterocycles. The Labute approximate surface area is 163 Å². The fraction of sp³-hybridized carbons (Fsp3) is 0.318. The Morgan fingerprint density at radius 3 is 2.63 bits per heavy atom. The van der Waals surface area contributed by atoms with Crippen LogP contribution in [0, 0.1) is 12.7 Å². The molecule has 0 aliphatic heterocycles. The monoisotopic (exact) mass is 388 g/mol. The van der Waals surface area contributed by atoms with Crippen LogP contribution in [0.5, 0.6) is 5.75 Å². The molecule has 0 unspecified atom stereocenters. The summed E-state index contributed by atoms with van der Waals surface area (Å²) < 4.78 is 19.2. The van der Waals surface area contributed by atoms with Crippen molar-refractivity contribution in [1.82, 2.24) is 0 Å². The second kappa shape index (κ2) is 8.57. The summed E-state index contributed by atoms with van der Waals surface area (Å²) >= 11 is 6.38. The van der Waals surface area contributed by atoms with Gasteiger partial charge in [0.05, 0.1) is 5.02 Å². The molecule has 1 aliphatic rings. The Morgan fingerprint density at radius 2 is 1.96 bits per heavy atom. The molecular weight excluding hydrogens is 367 g/mol. The highest BCUT2D eigenvalue weighted by Gasteiger charge is 2.18. The van der Waals surface area contributed by atoms with E-state index in [1.165, 1.54) is 23.3 Å². The van der Waals surface area contributed by atoms with E-state index in [0.717, 1.165) is 36.0 Å². The van der Waals surface area contributed by atoms with Crippen LogP contribution in [-0.4, -0.2) is 17.7 Å². The molecule has 27 heavy (non-hydrogen) atoms. The molecule has 3 rings (SSSR count). The zero-order valence-electron chi connectivity index (χ0n) is 15.2. The number of aryl methyl sites for hydroxylation is 2. The highest BCUT2D eigenvalue weighted by molar-refractivity contribution is 6.32. The van der Waals surface area contributed by atoms with Gasteiger partial charge in [0.25, 0.3) is 0 Å². The van der Waals surface area contributed by atoms with Gasteiger partial charge >= 0.3 is 5.97 Å². The van der Waals surface area contributed by atoms with Crippen LogP contribution in [0.1, 0.15) is 42.4 Å². The van der Waals surface area contributed by atoms with Crippen LogP contribution < -0.4 is 4.74 Å². The largest absolute Gasteiger partial charge is 0.487 e. The van der Waals surface area contributed by atoms with Gasteiger partial charge in [0, 0.05) is 6.42 Å². The Kier molecular flexibility index (Phi) is 6.17. The van der Waals surface area contributed by atoms with Gasteiger partial charge in [-0.3, -0.25) is 4.79 Å². The van der Waals surface area contributed by atoms with Gasteiger partial charge < -0.3 is 9.84 Å². The Balaban J connectivity index is 1.74. The summed E-state index contributed by atoms with van der Waals surface area (Å²) in [5.74, 6) is -0.431. The lowest BCUT2D eigenvalue weighted by atomic mass is 10.0. The summed E-state index contributed by atoms with van der Waals surface area (Å²) in [5, 5.41) is 9.32. The van der Waals surface area contributed by atoms with Gasteiger partial charge in [0.1, 0.15) is 18.2 Å². The van der Waals surface area contributed by atoms with E-state index in [4.69, 9.17) is 21.4 Å². The van der Waals surface area contributed by atoms with E-state index < -0.39 is 5.97 Å². The summed E-state index contributed by atoms with van der Waals surface area (Å²) in [7, 11) is 0. The van der Waals surface area contributed by atoms with E-state index in [2.05, 4.69) is 0 Å². The van der Waals surface area contributed by atoms with Crippen molar-refractivity contribution in [2.75, 3.05) is 6.61 Å². The first-order valence-corrected chi connectivity index (χ1v) is 9.42. The molecule has 2 aromatic rings. The zero-order valence-corrected chi connectivity index (χ0v) is 16.0. The first-order valence-electron chi connectivity index (χ1n) is 9.04. The predicted octanol–water partition coefficient (Wildman–Crippen LogP) is 5.82. The third-order valence-electron chi connectivity index (χ3n) is 4.83. The van der Waals surface area contributed by atoms with Crippen molar-refractivity contribution in [1.29, 1.82) is 0 Å². The zero-order chi connectivity index (χ0) is 19.4. The smallest absolute Gasteiger partial charge is 0.303 e. The average Bonchev–Trinajstić information content (AvgIpc) is 3.08. The summed E-state index contributed by atoms with van der Waals surface area (Å²) in [6.07, 6.45) is 3.50. The number of benzene rings is 2. The predicted molar refractivity (Wildman–Crippen MR) is 105 cm³/mol.